The second-order valence-electron chi connectivity index (χ2n) is 6.09. The maximum atomic E-state index is 6.23. The Balaban J connectivity index is 2.15. The molecule has 3 nitrogen and oxygen atoms in total. The zero-order chi connectivity index (χ0) is 14.4. The van der Waals surface area contributed by atoms with Crippen LogP contribution in [0.1, 0.15) is 25.3 Å². The molecule has 1 aliphatic heterocycles. The molecule has 1 atom stereocenters. The quantitative estimate of drug-likeness (QED) is 0.892. The van der Waals surface area contributed by atoms with Crippen LogP contribution in [-0.2, 0) is 6.42 Å². The fraction of sp³-hybridized carbons (Fsp3) is 0.647. The predicted molar refractivity (Wildman–Crippen MR) is 85.9 cm³/mol. The third kappa shape index (κ3) is 3.60. The summed E-state index contributed by atoms with van der Waals surface area (Å²) in [7, 11) is 2.22. The fourth-order valence-corrected chi connectivity index (χ4v) is 3.30. The van der Waals surface area contributed by atoms with Crippen molar-refractivity contribution in [2.75, 3.05) is 39.8 Å². The van der Waals surface area contributed by atoms with Crippen molar-refractivity contribution in [3.8, 4) is 0 Å². The van der Waals surface area contributed by atoms with Crippen LogP contribution in [0.15, 0.2) is 30.3 Å². The van der Waals surface area contributed by atoms with E-state index in [1.54, 1.807) is 0 Å². The lowest BCUT2D eigenvalue weighted by Gasteiger charge is -2.43. The number of nitrogens with zero attached hydrogens (tertiary/aromatic N) is 2. The van der Waals surface area contributed by atoms with Gasteiger partial charge in [-0.2, -0.15) is 0 Å². The minimum absolute atomic E-state index is 0.118. The highest BCUT2D eigenvalue weighted by Crippen LogP contribution is 2.25. The van der Waals surface area contributed by atoms with Gasteiger partial charge in [-0.1, -0.05) is 37.3 Å². The van der Waals surface area contributed by atoms with Gasteiger partial charge in [0.1, 0.15) is 0 Å². The Bertz CT molecular complexity index is 386. The van der Waals surface area contributed by atoms with Crippen LogP contribution in [0.25, 0.3) is 0 Å². The molecule has 2 N–H and O–H groups in total. The van der Waals surface area contributed by atoms with Crippen LogP contribution in [0.2, 0.25) is 0 Å². The minimum Gasteiger partial charge on any atom is -0.329 e. The van der Waals surface area contributed by atoms with E-state index >= 15 is 0 Å². The van der Waals surface area contributed by atoms with Gasteiger partial charge in [-0.3, -0.25) is 4.90 Å². The molecular weight excluding hydrogens is 246 g/mol. The van der Waals surface area contributed by atoms with E-state index in [0.29, 0.717) is 0 Å². The molecule has 3 heteroatoms. The maximum Gasteiger partial charge on any atom is 0.0369 e. The van der Waals surface area contributed by atoms with Crippen molar-refractivity contribution in [2.24, 2.45) is 5.73 Å². The zero-order valence-corrected chi connectivity index (χ0v) is 13.0. The van der Waals surface area contributed by atoms with Gasteiger partial charge in [0.2, 0.25) is 0 Å². The average Bonchev–Trinajstić information content (AvgIpc) is 2.71. The van der Waals surface area contributed by atoms with Crippen molar-refractivity contribution in [3.05, 3.63) is 35.9 Å². The molecule has 1 aromatic rings. The topological polar surface area (TPSA) is 32.5 Å². The van der Waals surface area contributed by atoms with E-state index in [-0.39, 0.29) is 5.54 Å². The molecule has 1 unspecified atom stereocenters. The van der Waals surface area contributed by atoms with Crippen molar-refractivity contribution in [1.29, 1.82) is 0 Å². The van der Waals surface area contributed by atoms with Crippen molar-refractivity contribution in [1.82, 2.24) is 9.80 Å². The molecule has 0 amide bonds. The zero-order valence-electron chi connectivity index (χ0n) is 13.0. The van der Waals surface area contributed by atoms with Gasteiger partial charge in [-0.05, 0) is 38.4 Å². The third-order valence-corrected chi connectivity index (χ3v) is 4.80. The summed E-state index contributed by atoms with van der Waals surface area (Å²) in [5.41, 5.74) is 7.75. The summed E-state index contributed by atoms with van der Waals surface area (Å²) in [6.45, 7) is 7.67. The van der Waals surface area contributed by atoms with E-state index in [1.165, 1.54) is 25.1 Å². The number of hydrogen-bond acceptors (Lipinski definition) is 3. The van der Waals surface area contributed by atoms with E-state index in [2.05, 4.69) is 54.1 Å². The van der Waals surface area contributed by atoms with E-state index in [9.17, 15) is 0 Å². The third-order valence-electron chi connectivity index (χ3n) is 4.80. The summed E-state index contributed by atoms with van der Waals surface area (Å²) < 4.78 is 0. The van der Waals surface area contributed by atoms with E-state index in [4.69, 9.17) is 5.73 Å². The highest BCUT2D eigenvalue weighted by Gasteiger charge is 2.34. The Morgan fingerprint density at radius 1 is 1.10 bits per heavy atom. The largest absolute Gasteiger partial charge is 0.329 e. The maximum absolute atomic E-state index is 6.23. The standard InChI is InChI=1S/C17H29N3/c1-3-17(15-18,14-16-8-5-4-6-9-16)20-11-7-10-19(2)12-13-20/h4-6,8-9H,3,7,10-15,18H2,1-2H3. The fourth-order valence-electron chi connectivity index (χ4n) is 3.30. The van der Waals surface area contributed by atoms with Gasteiger partial charge in [-0.15, -0.1) is 0 Å². The van der Waals surface area contributed by atoms with Gasteiger partial charge in [0.15, 0.2) is 0 Å². The average molecular weight is 275 g/mol. The lowest BCUT2D eigenvalue weighted by molar-refractivity contribution is 0.0935. The van der Waals surface area contributed by atoms with Gasteiger partial charge >= 0.3 is 0 Å². The normalized spacial score (nSPS) is 21.4. The first kappa shape index (κ1) is 15.5. The number of benzene rings is 1. The first-order valence-electron chi connectivity index (χ1n) is 7.88. The monoisotopic (exact) mass is 275 g/mol. The summed E-state index contributed by atoms with van der Waals surface area (Å²) in [6, 6.07) is 10.8. The Hall–Kier alpha value is -0.900. The summed E-state index contributed by atoms with van der Waals surface area (Å²) in [6.07, 6.45) is 3.42. The molecule has 0 bridgehead atoms. The summed E-state index contributed by atoms with van der Waals surface area (Å²) in [5, 5.41) is 0. The Morgan fingerprint density at radius 2 is 1.85 bits per heavy atom. The number of hydrogen-bond donors (Lipinski definition) is 1. The van der Waals surface area contributed by atoms with E-state index in [1.807, 2.05) is 0 Å². The van der Waals surface area contributed by atoms with Crippen molar-refractivity contribution in [3.63, 3.8) is 0 Å². The summed E-state index contributed by atoms with van der Waals surface area (Å²) >= 11 is 0. The predicted octanol–water partition coefficient (Wildman–Crippen LogP) is 1.97. The molecular formula is C17H29N3. The highest BCUT2D eigenvalue weighted by atomic mass is 15.3. The second-order valence-corrected chi connectivity index (χ2v) is 6.09. The van der Waals surface area contributed by atoms with Crippen LogP contribution in [0.4, 0.5) is 0 Å². The van der Waals surface area contributed by atoms with Gasteiger partial charge in [-0.25, -0.2) is 0 Å². The van der Waals surface area contributed by atoms with Crippen LogP contribution in [0.5, 0.6) is 0 Å². The van der Waals surface area contributed by atoms with Gasteiger partial charge < -0.3 is 10.6 Å². The first-order valence-corrected chi connectivity index (χ1v) is 7.88. The molecule has 1 aromatic carbocycles. The molecule has 0 radical (unpaired) electrons. The van der Waals surface area contributed by atoms with E-state index < -0.39 is 0 Å². The summed E-state index contributed by atoms with van der Waals surface area (Å²) in [4.78, 5) is 5.07. The van der Waals surface area contributed by atoms with Crippen LogP contribution in [-0.4, -0.2) is 55.1 Å². The Kier molecular flexibility index (Phi) is 5.58. The Labute approximate surface area is 123 Å². The smallest absolute Gasteiger partial charge is 0.0369 e. The summed E-state index contributed by atoms with van der Waals surface area (Å²) in [5.74, 6) is 0. The van der Waals surface area contributed by atoms with Gasteiger partial charge in [0, 0.05) is 31.7 Å². The van der Waals surface area contributed by atoms with Gasteiger partial charge in [0.05, 0.1) is 0 Å². The second kappa shape index (κ2) is 7.21. The lowest BCUT2D eigenvalue weighted by atomic mass is 9.86. The van der Waals surface area contributed by atoms with Crippen LogP contribution in [0, 0.1) is 0 Å². The molecule has 2 rings (SSSR count). The van der Waals surface area contributed by atoms with Crippen molar-refractivity contribution in [2.45, 2.75) is 31.7 Å². The SMILES string of the molecule is CCC(CN)(Cc1ccccc1)N1CCCN(C)CC1. The molecule has 1 heterocycles. The molecule has 1 fully saturated rings. The van der Waals surface area contributed by atoms with E-state index in [0.717, 1.165) is 32.5 Å². The number of rotatable bonds is 5. The molecule has 0 aromatic heterocycles. The van der Waals surface area contributed by atoms with Crippen molar-refractivity contribution < 1.29 is 0 Å². The molecule has 0 aliphatic carbocycles. The molecule has 0 saturated carbocycles. The molecule has 0 spiro atoms. The first-order chi connectivity index (χ1) is 9.70. The Morgan fingerprint density at radius 3 is 2.50 bits per heavy atom. The number of nitrogens with two attached hydrogens (primary N) is 1. The molecule has 1 saturated heterocycles. The van der Waals surface area contributed by atoms with Crippen LogP contribution < -0.4 is 5.73 Å². The molecule has 20 heavy (non-hydrogen) atoms. The number of likely N-dealkylation sites (N-methyl/N-ethyl adjacent to an activating group) is 1. The van der Waals surface area contributed by atoms with Crippen LogP contribution >= 0.6 is 0 Å². The highest BCUT2D eigenvalue weighted by molar-refractivity contribution is 5.18. The minimum atomic E-state index is 0.118. The lowest BCUT2D eigenvalue weighted by Crippen LogP contribution is -2.56. The van der Waals surface area contributed by atoms with Gasteiger partial charge in [0.25, 0.3) is 0 Å². The van der Waals surface area contributed by atoms with Crippen LogP contribution in [0.3, 0.4) is 0 Å². The molecule has 112 valence electrons. The molecule has 1 aliphatic rings. The van der Waals surface area contributed by atoms with Crippen molar-refractivity contribution >= 4 is 0 Å².